The fraction of sp³-hybridized carbons (Fsp3) is 0.429. The number of carbonyl (C=O) groups is 2. The van der Waals surface area contributed by atoms with Crippen molar-refractivity contribution < 1.29 is 14.7 Å². The molecule has 19 heavy (non-hydrogen) atoms. The number of aryl methyl sites for hydroxylation is 1. The lowest BCUT2D eigenvalue weighted by Crippen LogP contribution is -2.42. The first-order valence-corrected chi connectivity index (χ1v) is 6.37. The molecule has 5 nitrogen and oxygen atoms in total. The van der Waals surface area contributed by atoms with E-state index in [1.165, 1.54) is 0 Å². The number of hydrogen-bond acceptors (Lipinski definition) is 3. The third-order valence-electron chi connectivity index (χ3n) is 3.57. The first-order chi connectivity index (χ1) is 8.99. The number of likely N-dealkylation sites (tertiary alicyclic amines) is 1. The number of nitrogens with two attached hydrogens (primary N) is 1. The summed E-state index contributed by atoms with van der Waals surface area (Å²) in [6, 6.07) is 5.15. The molecule has 0 aromatic heterocycles. The Labute approximate surface area is 112 Å². The van der Waals surface area contributed by atoms with Crippen LogP contribution in [0.1, 0.15) is 28.8 Å². The number of anilines is 1. The highest BCUT2D eigenvalue weighted by Crippen LogP contribution is 2.20. The van der Waals surface area contributed by atoms with Crippen LogP contribution in [0.4, 0.5) is 5.69 Å². The van der Waals surface area contributed by atoms with E-state index in [-0.39, 0.29) is 12.5 Å². The summed E-state index contributed by atoms with van der Waals surface area (Å²) in [5.74, 6) is -1.40. The Morgan fingerprint density at radius 3 is 2.79 bits per heavy atom. The van der Waals surface area contributed by atoms with Crippen LogP contribution < -0.4 is 5.73 Å². The van der Waals surface area contributed by atoms with Gasteiger partial charge in [0.1, 0.15) is 0 Å². The van der Waals surface area contributed by atoms with E-state index < -0.39 is 11.9 Å². The van der Waals surface area contributed by atoms with E-state index in [1.54, 1.807) is 23.1 Å². The smallest absolute Gasteiger partial charge is 0.308 e. The summed E-state index contributed by atoms with van der Waals surface area (Å²) >= 11 is 0. The number of aliphatic carboxylic acids is 1. The molecule has 1 fully saturated rings. The Hall–Kier alpha value is -2.04. The van der Waals surface area contributed by atoms with Gasteiger partial charge in [-0.3, -0.25) is 9.59 Å². The lowest BCUT2D eigenvalue weighted by atomic mass is 9.97. The van der Waals surface area contributed by atoms with E-state index in [2.05, 4.69) is 0 Å². The van der Waals surface area contributed by atoms with Crippen LogP contribution in [0, 0.1) is 12.8 Å². The van der Waals surface area contributed by atoms with Crippen molar-refractivity contribution in [1.82, 2.24) is 4.90 Å². The minimum Gasteiger partial charge on any atom is -0.481 e. The van der Waals surface area contributed by atoms with Crippen molar-refractivity contribution in [1.29, 1.82) is 0 Å². The number of nitrogen functional groups attached to an aromatic ring is 1. The topological polar surface area (TPSA) is 83.6 Å². The second-order valence-electron chi connectivity index (χ2n) is 5.00. The van der Waals surface area contributed by atoms with E-state index in [0.29, 0.717) is 24.2 Å². The zero-order valence-corrected chi connectivity index (χ0v) is 10.9. The van der Waals surface area contributed by atoms with Gasteiger partial charge in [0, 0.05) is 24.3 Å². The van der Waals surface area contributed by atoms with Crippen molar-refractivity contribution in [2.24, 2.45) is 5.92 Å². The quantitative estimate of drug-likeness (QED) is 0.791. The SMILES string of the molecule is Cc1cc(C(=O)N2CCC[C@@H](C(=O)O)C2)ccc1N. The van der Waals surface area contributed by atoms with Gasteiger partial charge in [0.25, 0.3) is 5.91 Å². The van der Waals surface area contributed by atoms with Gasteiger partial charge in [-0.1, -0.05) is 0 Å². The van der Waals surface area contributed by atoms with Crippen LogP contribution in [0.15, 0.2) is 18.2 Å². The molecule has 1 aromatic carbocycles. The monoisotopic (exact) mass is 262 g/mol. The molecule has 0 saturated carbocycles. The van der Waals surface area contributed by atoms with Crippen molar-refractivity contribution >= 4 is 17.6 Å². The van der Waals surface area contributed by atoms with E-state index in [4.69, 9.17) is 10.8 Å². The molecule has 0 spiro atoms. The highest BCUT2D eigenvalue weighted by atomic mass is 16.4. The van der Waals surface area contributed by atoms with Crippen molar-refractivity contribution in [3.63, 3.8) is 0 Å². The summed E-state index contributed by atoms with van der Waals surface area (Å²) in [5.41, 5.74) is 7.80. The maximum atomic E-state index is 12.3. The highest BCUT2D eigenvalue weighted by molar-refractivity contribution is 5.95. The van der Waals surface area contributed by atoms with Gasteiger partial charge >= 0.3 is 5.97 Å². The summed E-state index contributed by atoms with van der Waals surface area (Å²) in [6.07, 6.45) is 1.37. The molecule has 5 heteroatoms. The van der Waals surface area contributed by atoms with Gasteiger partial charge in [0.2, 0.25) is 0 Å². The molecule has 0 aliphatic carbocycles. The molecule has 1 aliphatic heterocycles. The molecule has 0 bridgehead atoms. The predicted molar refractivity (Wildman–Crippen MR) is 71.9 cm³/mol. The number of rotatable bonds is 2. The van der Waals surface area contributed by atoms with Crippen molar-refractivity contribution in [2.75, 3.05) is 18.8 Å². The van der Waals surface area contributed by atoms with Gasteiger partial charge in [-0.2, -0.15) is 0 Å². The summed E-state index contributed by atoms with van der Waals surface area (Å²) < 4.78 is 0. The van der Waals surface area contributed by atoms with E-state index in [1.807, 2.05) is 6.92 Å². The second-order valence-corrected chi connectivity index (χ2v) is 5.00. The Morgan fingerprint density at radius 2 is 2.16 bits per heavy atom. The standard InChI is InChI=1S/C14H18N2O3/c1-9-7-10(4-5-12(9)15)13(17)16-6-2-3-11(8-16)14(18)19/h4-5,7,11H,2-3,6,8,15H2,1H3,(H,18,19)/t11-/m1/s1. The molecule has 2 rings (SSSR count). The summed E-state index contributed by atoms with van der Waals surface area (Å²) in [4.78, 5) is 24.9. The number of hydrogen-bond donors (Lipinski definition) is 2. The average molecular weight is 262 g/mol. The zero-order chi connectivity index (χ0) is 14.0. The normalized spacial score (nSPS) is 19.2. The van der Waals surface area contributed by atoms with Gasteiger partial charge in [0.15, 0.2) is 0 Å². The van der Waals surface area contributed by atoms with Crippen molar-refractivity contribution in [2.45, 2.75) is 19.8 Å². The third-order valence-corrected chi connectivity index (χ3v) is 3.57. The molecule has 0 radical (unpaired) electrons. The Morgan fingerprint density at radius 1 is 1.42 bits per heavy atom. The summed E-state index contributed by atoms with van der Waals surface area (Å²) in [6.45, 7) is 2.76. The minimum absolute atomic E-state index is 0.117. The van der Waals surface area contributed by atoms with E-state index in [9.17, 15) is 9.59 Å². The second kappa shape index (κ2) is 5.30. The highest BCUT2D eigenvalue weighted by Gasteiger charge is 2.28. The average Bonchev–Trinajstić information content (AvgIpc) is 2.41. The number of carboxylic acids is 1. The van der Waals surface area contributed by atoms with Crippen LogP contribution in [0.5, 0.6) is 0 Å². The lowest BCUT2D eigenvalue weighted by Gasteiger charge is -2.30. The fourth-order valence-electron chi connectivity index (χ4n) is 2.35. The Balaban J connectivity index is 2.14. The molecule has 102 valence electrons. The molecular formula is C14H18N2O3. The van der Waals surface area contributed by atoms with Crippen LogP contribution in [-0.4, -0.2) is 35.0 Å². The van der Waals surface area contributed by atoms with Crippen molar-refractivity contribution in [3.05, 3.63) is 29.3 Å². The molecule has 1 aromatic rings. The first-order valence-electron chi connectivity index (χ1n) is 6.37. The van der Waals surface area contributed by atoms with Crippen LogP contribution in [0.3, 0.4) is 0 Å². The molecule has 1 atom stereocenters. The summed E-state index contributed by atoms with van der Waals surface area (Å²) in [7, 11) is 0. The van der Waals surface area contributed by atoms with Gasteiger partial charge in [0.05, 0.1) is 5.92 Å². The number of benzene rings is 1. The minimum atomic E-state index is -0.828. The molecule has 1 amide bonds. The molecule has 1 heterocycles. The lowest BCUT2D eigenvalue weighted by molar-refractivity contribution is -0.143. The largest absolute Gasteiger partial charge is 0.481 e. The van der Waals surface area contributed by atoms with Crippen molar-refractivity contribution in [3.8, 4) is 0 Å². The van der Waals surface area contributed by atoms with Crippen LogP contribution in [0.25, 0.3) is 0 Å². The predicted octanol–water partition coefficient (Wildman–Crippen LogP) is 1.51. The number of nitrogens with zero attached hydrogens (tertiary/aromatic N) is 1. The molecular weight excluding hydrogens is 244 g/mol. The Kier molecular flexibility index (Phi) is 3.74. The maximum Gasteiger partial charge on any atom is 0.308 e. The molecule has 0 unspecified atom stereocenters. The third kappa shape index (κ3) is 2.86. The number of carboxylic acid groups (broad SMARTS) is 1. The number of carbonyl (C=O) groups excluding carboxylic acids is 1. The molecule has 3 N–H and O–H groups in total. The summed E-state index contributed by atoms with van der Waals surface area (Å²) in [5, 5.41) is 9.03. The first kappa shape index (κ1) is 13.4. The molecule has 1 aliphatic rings. The van der Waals surface area contributed by atoms with E-state index in [0.717, 1.165) is 12.0 Å². The van der Waals surface area contributed by atoms with E-state index >= 15 is 0 Å². The number of amides is 1. The van der Waals surface area contributed by atoms with Crippen LogP contribution in [-0.2, 0) is 4.79 Å². The van der Waals surface area contributed by atoms with Gasteiger partial charge in [-0.25, -0.2) is 0 Å². The number of piperidine rings is 1. The van der Waals surface area contributed by atoms with Gasteiger partial charge in [-0.15, -0.1) is 0 Å². The zero-order valence-electron chi connectivity index (χ0n) is 10.9. The van der Waals surface area contributed by atoms with Gasteiger partial charge < -0.3 is 15.7 Å². The van der Waals surface area contributed by atoms with Crippen LogP contribution >= 0.6 is 0 Å². The van der Waals surface area contributed by atoms with Crippen LogP contribution in [0.2, 0.25) is 0 Å². The fourth-order valence-corrected chi connectivity index (χ4v) is 2.35. The Bertz CT molecular complexity index is 513. The van der Waals surface area contributed by atoms with Gasteiger partial charge in [-0.05, 0) is 43.5 Å². The maximum absolute atomic E-state index is 12.3. The molecule has 1 saturated heterocycles.